The van der Waals surface area contributed by atoms with Gasteiger partial charge in [0.05, 0.1) is 10.6 Å². The number of aromatic nitrogens is 3. The second-order valence-electron chi connectivity index (χ2n) is 10.1. The topological polar surface area (TPSA) is 129 Å². The Morgan fingerprint density at radius 3 is 2.21 bits per heavy atom. The van der Waals surface area contributed by atoms with Crippen molar-refractivity contribution in [2.45, 2.75) is 16.7 Å². The van der Waals surface area contributed by atoms with Crippen LogP contribution >= 0.6 is 0 Å². The van der Waals surface area contributed by atoms with Gasteiger partial charge >= 0.3 is 0 Å². The van der Waals surface area contributed by atoms with E-state index in [0.717, 1.165) is 0 Å². The molecule has 0 aliphatic rings. The number of hydrogen-bond acceptors (Lipinski definition) is 7. The number of aryl methyl sites for hydroxylation is 1. The van der Waals surface area contributed by atoms with Gasteiger partial charge in [0.2, 0.25) is 9.84 Å². The van der Waals surface area contributed by atoms with Crippen LogP contribution in [0.3, 0.4) is 0 Å². The van der Waals surface area contributed by atoms with E-state index in [2.05, 4.69) is 10.1 Å². The third kappa shape index (κ3) is 5.42. The first-order valence-corrected chi connectivity index (χ1v) is 15.0. The van der Waals surface area contributed by atoms with Crippen molar-refractivity contribution in [1.82, 2.24) is 19.7 Å². The average molecular weight is 598 g/mol. The third-order valence-corrected chi connectivity index (χ3v) is 8.86. The number of para-hydroxylation sites is 1. The zero-order chi connectivity index (χ0) is 30.9. The van der Waals surface area contributed by atoms with E-state index >= 15 is 0 Å². The number of sulfone groups is 1. The van der Waals surface area contributed by atoms with E-state index in [4.69, 9.17) is 0 Å². The molecule has 2 aromatic heterocycles. The fraction of sp³-hybridized carbons (Fsp3) is 0.156. The molecule has 0 aliphatic heterocycles. The van der Waals surface area contributed by atoms with Crippen molar-refractivity contribution in [2.24, 2.45) is 7.05 Å². The minimum Gasteiger partial charge on any atom is -0.504 e. The van der Waals surface area contributed by atoms with E-state index in [-0.39, 0.29) is 22.2 Å². The number of nitrogens with zero attached hydrogens (tertiary/aromatic N) is 4. The van der Waals surface area contributed by atoms with Crippen LogP contribution in [0.4, 0.5) is 11.4 Å². The molecule has 0 unspecified atom stereocenters. The number of hydrogen-bond donors (Lipinski definition) is 2. The lowest BCUT2D eigenvalue weighted by Gasteiger charge is -2.27. The van der Waals surface area contributed by atoms with Gasteiger partial charge in [0.25, 0.3) is 11.5 Å². The highest BCUT2D eigenvalue weighted by atomic mass is 32.2. The Bertz CT molecular complexity index is 1960. The molecule has 11 heteroatoms. The van der Waals surface area contributed by atoms with Crippen LogP contribution < -0.4 is 10.5 Å². The van der Waals surface area contributed by atoms with E-state index in [1.54, 1.807) is 79.4 Å². The molecule has 5 rings (SSSR count). The van der Waals surface area contributed by atoms with Crippen molar-refractivity contribution in [3.63, 3.8) is 0 Å². The molecule has 5 aromatic rings. The summed E-state index contributed by atoms with van der Waals surface area (Å²) in [5, 5.41) is 16.0. The molecule has 0 saturated heterocycles. The summed E-state index contributed by atoms with van der Waals surface area (Å²) >= 11 is 0. The molecule has 0 bridgehead atoms. The molecule has 43 heavy (non-hydrogen) atoms. The first kappa shape index (κ1) is 29.3. The lowest BCUT2D eigenvalue weighted by atomic mass is 9.99. The maximum atomic E-state index is 14.0. The Morgan fingerprint density at radius 1 is 0.953 bits per heavy atom. The molecule has 2 N–H and O–H groups in total. The van der Waals surface area contributed by atoms with Gasteiger partial charge in [-0.2, -0.15) is 5.10 Å². The van der Waals surface area contributed by atoms with E-state index in [1.165, 1.54) is 17.0 Å². The number of carbonyl (C=O) groups excluding carboxylic acids is 1. The van der Waals surface area contributed by atoms with Crippen LogP contribution in [-0.2, 0) is 16.9 Å². The largest absolute Gasteiger partial charge is 0.504 e. The highest BCUT2D eigenvalue weighted by Gasteiger charge is 2.32. The van der Waals surface area contributed by atoms with Crippen molar-refractivity contribution in [2.75, 3.05) is 25.5 Å². The molecule has 0 aliphatic carbocycles. The van der Waals surface area contributed by atoms with Crippen LogP contribution in [-0.4, -0.2) is 59.7 Å². The number of benzene rings is 3. The maximum Gasteiger partial charge on any atom is 0.271 e. The average Bonchev–Trinajstić information content (AvgIpc) is 3.44. The highest BCUT2D eigenvalue weighted by molar-refractivity contribution is 7.91. The fourth-order valence-corrected chi connectivity index (χ4v) is 6.36. The number of pyridine rings is 1. The fourth-order valence-electron chi connectivity index (χ4n) is 4.98. The van der Waals surface area contributed by atoms with Gasteiger partial charge in [-0.25, -0.2) is 8.42 Å². The number of anilines is 2. The molecule has 0 fully saturated rings. The van der Waals surface area contributed by atoms with Crippen LogP contribution in [0.15, 0.2) is 106 Å². The van der Waals surface area contributed by atoms with Crippen LogP contribution in [0, 0.1) is 0 Å². The SMILES string of the molecule is CCN(c1ccccc1)c1c(-c2ccn(C)n2)[nH]c(=O)c(S(=O)(=O)c2ccc(-c3ccccc3C(=O)N(C)C)cc2)c1O. The van der Waals surface area contributed by atoms with Gasteiger partial charge in [-0.1, -0.05) is 48.5 Å². The smallest absolute Gasteiger partial charge is 0.271 e. The quantitative estimate of drug-likeness (QED) is 0.262. The zero-order valence-electron chi connectivity index (χ0n) is 24.1. The number of H-pyrrole nitrogens is 1. The first-order valence-electron chi connectivity index (χ1n) is 13.5. The van der Waals surface area contributed by atoms with Crippen LogP contribution in [0.25, 0.3) is 22.5 Å². The van der Waals surface area contributed by atoms with Gasteiger partial charge in [0.15, 0.2) is 10.6 Å². The number of aromatic hydroxyl groups is 1. The second kappa shape index (κ2) is 11.6. The summed E-state index contributed by atoms with van der Waals surface area (Å²) in [4.78, 5) is 31.1. The molecule has 0 radical (unpaired) electrons. The normalized spacial score (nSPS) is 11.3. The molecule has 220 valence electrons. The highest BCUT2D eigenvalue weighted by Crippen LogP contribution is 2.43. The Kier molecular flexibility index (Phi) is 7.92. The lowest BCUT2D eigenvalue weighted by molar-refractivity contribution is 0.0828. The number of aromatic amines is 1. The van der Waals surface area contributed by atoms with Gasteiger partial charge in [-0.3, -0.25) is 14.3 Å². The van der Waals surface area contributed by atoms with Crippen LogP contribution in [0.5, 0.6) is 5.75 Å². The molecule has 10 nitrogen and oxygen atoms in total. The van der Waals surface area contributed by atoms with Crippen molar-refractivity contribution >= 4 is 27.1 Å². The zero-order valence-corrected chi connectivity index (χ0v) is 25.0. The molecular weight excluding hydrogens is 566 g/mol. The molecular formula is C32H31N5O5S. The third-order valence-electron chi connectivity index (χ3n) is 7.05. The summed E-state index contributed by atoms with van der Waals surface area (Å²) in [5.41, 5.74) is 2.08. The van der Waals surface area contributed by atoms with Crippen LogP contribution in [0.2, 0.25) is 0 Å². The molecule has 3 aromatic carbocycles. The second-order valence-corrected chi connectivity index (χ2v) is 12.0. The van der Waals surface area contributed by atoms with Gasteiger partial charge < -0.3 is 19.9 Å². The molecule has 0 spiro atoms. The van der Waals surface area contributed by atoms with Crippen LogP contribution in [0.1, 0.15) is 17.3 Å². The Morgan fingerprint density at radius 2 is 1.60 bits per heavy atom. The summed E-state index contributed by atoms with van der Waals surface area (Å²) < 4.78 is 29.5. The van der Waals surface area contributed by atoms with E-state index in [9.17, 15) is 23.1 Å². The summed E-state index contributed by atoms with van der Waals surface area (Å²) in [6.45, 7) is 2.20. The van der Waals surface area contributed by atoms with Gasteiger partial charge in [-0.05, 0) is 54.4 Å². The predicted molar refractivity (Wildman–Crippen MR) is 165 cm³/mol. The summed E-state index contributed by atoms with van der Waals surface area (Å²) in [7, 11) is 0.528. The van der Waals surface area contributed by atoms with E-state index < -0.39 is 26.0 Å². The number of nitrogens with one attached hydrogen (secondary N) is 1. The summed E-state index contributed by atoms with van der Waals surface area (Å²) in [6.07, 6.45) is 1.68. The van der Waals surface area contributed by atoms with Crippen molar-refractivity contribution in [1.29, 1.82) is 0 Å². The number of carbonyl (C=O) groups is 1. The van der Waals surface area contributed by atoms with Crippen molar-refractivity contribution < 1.29 is 18.3 Å². The maximum absolute atomic E-state index is 14.0. The minimum atomic E-state index is -4.50. The van der Waals surface area contributed by atoms with Crippen molar-refractivity contribution in [3.8, 4) is 28.3 Å². The van der Waals surface area contributed by atoms with Gasteiger partial charge in [-0.15, -0.1) is 0 Å². The van der Waals surface area contributed by atoms with Gasteiger partial charge in [0.1, 0.15) is 11.4 Å². The Balaban J connectivity index is 1.66. The monoisotopic (exact) mass is 597 g/mol. The Labute approximate surface area is 249 Å². The van der Waals surface area contributed by atoms with E-state index in [0.29, 0.717) is 34.6 Å². The molecule has 0 atom stereocenters. The molecule has 1 amide bonds. The first-order chi connectivity index (χ1) is 20.5. The number of amides is 1. The van der Waals surface area contributed by atoms with Crippen molar-refractivity contribution in [3.05, 3.63) is 107 Å². The van der Waals surface area contributed by atoms with Gasteiger partial charge in [0, 0.05) is 45.1 Å². The summed E-state index contributed by atoms with van der Waals surface area (Å²) in [5.74, 6) is -0.871. The molecule has 0 saturated carbocycles. The van der Waals surface area contributed by atoms with E-state index in [1.807, 2.05) is 37.3 Å². The predicted octanol–water partition coefficient (Wildman–Crippen LogP) is 4.84. The summed E-state index contributed by atoms with van der Waals surface area (Å²) in [6, 6.07) is 23.7. The molecule has 2 heterocycles. The lowest BCUT2D eigenvalue weighted by Crippen LogP contribution is -2.24. The number of rotatable bonds is 8. The minimum absolute atomic E-state index is 0.110. The standard InChI is InChI=1S/C32H31N5O5S/c1-5-37(22-11-7-6-8-12-22)28-27(26-19-20-36(4)34-26)33-31(39)30(29(28)38)43(41,42)23-17-15-21(16-18-23)24-13-9-10-14-25(24)32(40)35(2)3/h6-20H,5H2,1-4H3,(H2,33,38,39). The Hall–Kier alpha value is -5.16.